The Kier molecular flexibility index (Phi) is 6.65. The number of carbonyl (C=O) groups is 3. The van der Waals surface area contributed by atoms with Gasteiger partial charge in [0.1, 0.15) is 12.1 Å². The second-order valence-electron chi connectivity index (χ2n) is 11.6. The fourth-order valence-electron chi connectivity index (χ4n) is 6.82. The summed E-state index contributed by atoms with van der Waals surface area (Å²) in [6.45, 7) is 2.55. The number of aromatic nitrogens is 1. The fraction of sp³-hybridized carbons (Fsp3) is 0.286. The van der Waals surface area contributed by atoms with Gasteiger partial charge in [0.05, 0.1) is 11.3 Å². The highest BCUT2D eigenvalue weighted by Crippen LogP contribution is 2.45. The molecule has 2 aliphatic heterocycles. The molecular formula is C35H34N4O3. The zero-order valence-electron chi connectivity index (χ0n) is 23.7. The number of hydrogen-bond acceptors (Lipinski definition) is 3. The molecule has 2 N–H and O–H groups in total. The number of carbonyl (C=O) groups excluding carboxylic acids is 3. The van der Waals surface area contributed by atoms with Crippen LogP contribution in [0.25, 0.3) is 10.9 Å². The molecule has 0 spiro atoms. The molecule has 3 heterocycles. The van der Waals surface area contributed by atoms with Crippen molar-refractivity contribution in [3.63, 3.8) is 0 Å². The smallest absolute Gasteiger partial charge is 0.332 e. The molecule has 7 rings (SSSR count). The summed E-state index contributed by atoms with van der Waals surface area (Å²) in [5, 5.41) is 4.09. The minimum atomic E-state index is -0.676. The number of rotatable bonds is 6. The lowest BCUT2D eigenvalue weighted by Crippen LogP contribution is -2.44. The van der Waals surface area contributed by atoms with Crippen LogP contribution < -0.4 is 10.2 Å². The Balaban J connectivity index is 1.24. The van der Waals surface area contributed by atoms with Gasteiger partial charge in [-0.25, -0.2) is 9.69 Å². The predicted octanol–water partition coefficient (Wildman–Crippen LogP) is 6.58. The van der Waals surface area contributed by atoms with Gasteiger partial charge in [-0.3, -0.25) is 14.5 Å². The summed E-state index contributed by atoms with van der Waals surface area (Å²) in [6.07, 6.45) is 8.12. The number of nitrogens with one attached hydrogen (secondary N) is 2. The average Bonchev–Trinajstić information content (AvgIpc) is 3.51. The number of anilines is 1. The van der Waals surface area contributed by atoms with Crippen molar-refractivity contribution in [1.82, 2.24) is 15.2 Å². The summed E-state index contributed by atoms with van der Waals surface area (Å²) in [5.41, 5.74) is 7.07. The van der Waals surface area contributed by atoms with Gasteiger partial charge in [-0.1, -0.05) is 71.8 Å². The molecule has 1 aromatic heterocycles. The highest BCUT2D eigenvalue weighted by Gasteiger charge is 2.53. The highest BCUT2D eigenvalue weighted by atomic mass is 16.2. The molecular weight excluding hydrogens is 524 g/mol. The van der Waals surface area contributed by atoms with E-state index in [1.807, 2.05) is 49.4 Å². The number of hydrogen-bond donors (Lipinski definition) is 2. The number of fused-ring (bicyclic) bond motifs is 4. The molecule has 3 aliphatic rings. The Morgan fingerprint density at radius 2 is 1.76 bits per heavy atom. The van der Waals surface area contributed by atoms with Crippen LogP contribution in [0.15, 0.2) is 84.4 Å². The van der Waals surface area contributed by atoms with Crippen LogP contribution in [0, 0.1) is 6.92 Å². The Hall–Kier alpha value is -4.65. The molecule has 4 aromatic rings. The Morgan fingerprint density at radius 1 is 0.976 bits per heavy atom. The van der Waals surface area contributed by atoms with Crippen LogP contribution in [-0.2, 0) is 11.2 Å². The largest absolute Gasteiger partial charge is 0.356 e. The number of benzene rings is 3. The molecule has 2 atom stereocenters. The molecule has 3 aromatic carbocycles. The maximum absolute atomic E-state index is 14.3. The highest BCUT2D eigenvalue weighted by molar-refractivity contribution is 6.24. The first-order chi connectivity index (χ1) is 20.5. The van der Waals surface area contributed by atoms with Crippen molar-refractivity contribution < 1.29 is 14.4 Å². The summed E-state index contributed by atoms with van der Waals surface area (Å²) < 4.78 is 0. The molecule has 1 fully saturated rings. The van der Waals surface area contributed by atoms with E-state index in [0.717, 1.165) is 52.5 Å². The average molecular weight is 559 g/mol. The van der Waals surface area contributed by atoms with E-state index in [0.29, 0.717) is 24.2 Å². The molecule has 1 saturated heterocycles. The third-order valence-corrected chi connectivity index (χ3v) is 8.95. The van der Waals surface area contributed by atoms with E-state index in [4.69, 9.17) is 0 Å². The van der Waals surface area contributed by atoms with Gasteiger partial charge in [0.15, 0.2) is 0 Å². The number of allylic oxidation sites excluding steroid dienone is 1. The van der Waals surface area contributed by atoms with Crippen molar-refractivity contribution in [1.29, 1.82) is 0 Å². The SMILES string of the molecule is Cc1ccc(C2c3[nH]c4ccccc4c3CC3C(=O)N(c4ccccc4C(=O)NCCC4=CCCCC4)C(=O)N32)cc1. The first-order valence-corrected chi connectivity index (χ1v) is 14.9. The van der Waals surface area contributed by atoms with Crippen molar-refractivity contribution in [3.05, 3.63) is 112 Å². The number of H-pyrrole nitrogens is 1. The number of urea groups is 1. The summed E-state index contributed by atoms with van der Waals surface area (Å²) >= 11 is 0. The number of nitrogens with zero attached hydrogens (tertiary/aromatic N) is 2. The van der Waals surface area contributed by atoms with E-state index in [-0.39, 0.29) is 11.8 Å². The molecule has 7 heteroatoms. The molecule has 1 aliphatic carbocycles. The van der Waals surface area contributed by atoms with Crippen LogP contribution in [0.3, 0.4) is 0 Å². The monoisotopic (exact) mass is 558 g/mol. The Labute approximate surface area is 245 Å². The summed E-state index contributed by atoms with van der Waals surface area (Å²) in [5.74, 6) is -0.584. The molecule has 212 valence electrons. The molecule has 0 bridgehead atoms. The second kappa shape index (κ2) is 10.6. The van der Waals surface area contributed by atoms with E-state index in [1.54, 1.807) is 29.2 Å². The van der Waals surface area contributed by atoms with Crippen molar-refractivity contribution in [3.8, 4) is 0 Å². The van der Waals surface area contributed by atoms with Gasteiger partial charge < -0.3 is 10.3 Å². The maximum Gasteiger partial charge on any atom is 0.332 e. The lowest BCUT2D eigenvalue weighted by atomic mass is 9.88. The molecule has 42 heavy (non-hydrogen) atoms. The minimum absolute atomic E-state index is 0.279. The van der Waals surface area contributed by atoms with Gasteiger partial charge >= 0.3 is 6.03 Å². The van der Waals surface area contributed by atoms with Gasteiger partial charge in [-0.05, 0) is 68.4 Å². The van der Waals surface area contributed by atoms with E-state index in [9.17, 15) is 14.4 Å². The zero-order valence-corrected chi connectivity index (χ0v) is 23.7. The predicted molar refractivity (Wildman–Crippen MR) is 163 cm³/mol. The lowest BCUT2D eigenvalue weighted by Gasteiger charge is -2.36. The van der Waals surface area contributed by atoms with E-state index >= 15 is 0 Å². The fourth-order valence-corrected chi connectivity index (χ4v) is 6.82. The number of imide groups is 1. The second-order valence-corrected chi connectivity index (χ2v) is 11.6. The van der Waals surface area contributed by atoms with Crippen LogP contribution >= 0.6 is 0 Å². The summed E-state index contributed by atoms with van der Waals surface area (Å²) in [4.78, 5) is 48.3. The summed E-state index contributed by atoms with van der Waals surface area (Å²) in [7, 11) is 0. The van der Waals surface area contributed by atoms with Crippen molar-refractivity contribution >= 4 is 34.4 Å². The van der Waals surface area contributed by atoms with Crippen LogP contribution in [0.1, 0.15) is 70.9 Å². The zero-order chi connectivity index (χ0) is 28.8. The number of aryl methyl sites for hydroxylation is 1. The third kappa shape index (κ3) is 4.40. The quantitative estimate of drug-likeness (QED) is 0.207. The van der Waals surface area contributed by atoms with Gasteiger partial charge in [-0.2, -0.15) is 0 Å². The molecule has 0 radical (unpaired) electrons. The topological polar surface area (TPSA) is 85.5 Å². The van der Waals surface area contributed by atoms with Crippen molar-refractivity contribution in [2.45, 2.75) is 57.5 Å². The van der Waals surface area contributed by atoms with Crippen LogP contribution in [0.2, 0.25) is 0 Å². The number of aromatic amines is 1. The Morgan fingerprint density at radius 3 is 2.57 bits per heavy atom. The molecule has 7 nitrogen and oxygen atoms in total. The van der Waals surface area contributed by atoms with Crippen LogP contribution in [0.5, 0.6) is 0 Å². The van der Waals surface area contributed by atoms with Gasteiger partial charge in [-0.15, -0.1) is 0 Å². The van der Waals surface area contributed by atoms with Crippen LogP contribution in [-0.4, -0.2) is 40.3 Å². The molecule has 2 unspecified atom stereocenters. The van der Waals surface area contributed by atoms with E-state index in [1.165, 1.54) is 23.3 Å². The normalized spacial score (nSPS) is 20.0. The first-order valence-electron chi connectivity index (χ1n) is 14.9. The van der Waals surface area contributed by atoms with E-state index < -0.39 is 18.1 Å². The standard InChI is InChI=1S/C35H34N4O3/c1-22-15-17-24(18-16-22)32-31-27(25-11-5-7-13-28(25)37-31)21-30-34(41)39(35(42)38(30)32)29-14-8-6-12-26(29)33(40)36-20-19-23-9-3-2-4-10-23/h5-9,11-18,30,32,37H,2-4,10,19-21H2,1H3,(H,36,40). The van der Waals surface area contributed by atoms with Gasteiger partial charge in [0, 0.05) is 29.6 Å². The lowest BCUT2D eigenvalue weighted by molar-refractivity contribution is -0.120. The van der Waals surface area contributed by atoms with Crippen LogP contribution in [0.4, 0.5) is 10.5 Å². The van der Waals surface area contributed by atoms with Gasteiger partial charge in [0.25, 0.3) is 11.8 Å². The third-order valence-electron chi connectivity index (χ3n) is 8.95. The van der Waals surface area contributed by atoms with Crippen molar-refractivity contribution in [2.24, 2.45) is 0 Å². The molecule has 4 amide bonds. The number of amides is 4. The Bertz CT molecular complexity index is 1730. The summed E-state index contributed by atoms with van der Waals surface area (Å²) in [6, 6.07) is 21.6. The first kappa shape index (κ1) is 26.3. The van der Waals surface area contributed by atoms with E-state index in [2.05, 4.69) is 22.4 Å². The molecule has 0 saturated carbocycles. The van der Waals surface area contributed by atoms with Crippen molar-refractivity contribution in [2.75, 3.05) is 11.4 Å². The maximum atomic E-state index is 14.3. The minimum Gasteiger partial charge on any atom is -0.356 e. The number of para-hydroxylation sites is 2. The van der Waals surface area contributed by atoms with Gasteiger partial charge in [0.2, 0.25) is 0 Å².